The van der Waals surface area contributed by atoms with Crippen molar-refractivity contribution >= 4 is 39.6 Å². The van der Waals surface area contributed by atoms with E-state index >= 15 is 0 Å². The van der Waals surface area contributed by atoms with Crippen molar-refractivity contribution in [3.8, 4) is 0 Å². The molecule has 0 saturated carbocycles. The first-order valence-corrected chi connectivity index (χ1v) is 9.66. The fourth-order valence-corrected chi connectivity index (χ4v) is 3.46. The van der Waals surface area contributed by atoms with E-state index in [1.54, 1.807) is 25.2 Å². The van der Waals surface area contributed by atoms with Gasteiger partial charge in [-0.15, -0.1) is 11.8 Å². The summed E-state index contributed by atoms with van der Waals surface area (Å²) < 4.78 is 19.6. The standard InChI is InChI=1S/C19H19BrFNO3S/c1-13-9-15(20)7-8-17(13)26-12-19(24)25-11-18(23)22(2)10-14-5-3-4-6-16(14)21/h3-9H,10-12H2,1-2H3. The number of ether oxygens (including phenoxy) is 1. The largest absolute Gasteiger partial charge is 0.455 e. The lowest BCUT2D eigenvalue weighted by Gasteiger charge is -2.17. The summed E-state index contributed by atoms with van der Waals surface area (Å²) in [5, 5.41) is 0. The Morgan fingerprint density at radius 1 is 1.23 bits per heavy atom. The van der Waals surface area contributed by atoms with E-state index in [9.17, 15) is 14.0 Å². The van der Waals surface area contributed by atoms with Gasteiger partial charge in [0.2, 0.25) is 0 Å². The highest BCUT2D eigenvalue weighted by atomic mass is 79.9. The maximum atomic E-state index is 13.6. The average molecular weight is 440 g/mol. The van der Waals surface area contributed by atoms with Crippen molar-refractivity contribution in [2.75, 3.05) is 19.4 Å². The fraction of sp³-hybridized carbons (Fsp3) is 0.263. The van der Waals surface area contributed by atoms with Crippen LogP contribution in [-0.4, -0.2) is 36.2 Å². The molecule has 1 amide bonds. The first kappa shape index (κ1) is 20.5. The predicted molar refractivity (Wildman–Crippen MR) is 103 cm³/mol. The SMILES string of the molecule is Cc1cc(Br)ccc1SCC(=O)OCC(=O)N(C)Cc1ccccc1F. The molecule has 0 atom stereocenters. The van der Waals surface area contributed by atoms with Gasteiger partial charge in [-0.2, -0.15) is 0 Å². The molecule has 138 valence electrons. The van der Waals surface area contributed by atoms with E-state index in [1.807, 2.05) is 25.1 Å². The van der Waals surface area contributed by atoms with Gasteiger partial charge in [-0.05, 0) is 36.8 Å². The topological polar surface area (TPSA) is 46.6 Å². The summed E-state index contributed by atoms with van der Waals surface area (Å²) in [6, 6.07) is 12.0. The zero-order chi connectivity index (χ0) is 19.1. The lowest BCUT2D eigenvalue weighted by molar-refractivity contribution is -0.149. The lowest BCUT2D eigenvalue weighted by atomic mass is 10.2. The summed E-state index contributed by atoms with van der Waals surface area (Å²) in [7, 11) is 1.54. The Bertz CT molecular complexity index is 800. The molecule has 0 spiro atoms. The number of carbonyl (C=O) groups excluding carboxylic acids is 2. The minimum Gasteiger partial charge on any atom is -0.455 e. The van der Waals surface area contributed by atoms with Crippen LogP contribution in [0, 0.1) is 12.7 Å². The number of nitrogens with zero attached hydrogens (tertiary/aromatic N) is 1. The third-order valence-electron chi connectivity index (χ3n) is 3.63. The zero-order valence-corrected chi connectivity index (χ0v) is 16.9. The molecule has 0 aliphatic carbocycles. The number of thioether (sulfide) groups is 1. The molecule has 7 heteroatoms. The second-order valence-corrected chi connectivity index (χ2v) is 7.63. The van der Waals surface area contributed by atoms with Gasteiger partial charge in [-0.25, -0.2) is 4.39 Å². The van der Waals surface area contributed by atoms with Crippen LogP contribution in [0.25, 0.3) is 0 Å². The van der Waals surface area contributed by atoms with Gasteiger partial charge in [0.05, 0.1) is 5.75 Å². The maximum absolute atomic E-state index is 13.6. The Labute approximate surface area is 164 Å². The van der Waals surface area contributed by atoms with E-state index in [2.05, 4.69) is 15.9 Å². The van der Waals surface area contributed by atoms with Gasteiger partial charge in [0, 0.05) is 28.5 Å². The number of carbonyl (C=O) groups is 2. The van der Waals surface area contributed by atoms with Gasteiger partial charge < -0.3 is 9.64 Å². The zero-order valence-electron chi connectivity index (χ0n) is 14.5. The number of hydrogen-bond acceptors (Lipinski definition) is 4. The van der Waals surface area contributed by atoms with Crippen LogP contribution >= 0.6 is 27.7 Å². The molecule has 2 rings (SSSR count). The van der Waals surface area contributed by atoms with Gasteiger partial charge >= 0.3 is 5.97 Å². The highest BCUT2D eigenvalue weighted by Crippen LogP contribution is 2.25. The van der Waals surface area contributed by atoms with E-state index in [1.165, 1.54) is 22.7 Å². The third kappa shape index (κ3) is 6.14. The molecule has 0 aromatic heterocycles. The average Bonchev–Trinajstić information content (AvgIpc) is 2.60. The van der Waals surface area contributed by atoms with E-state index in [0.29, 0.717) is 5.56 Å². The molecule has 2 aromatic rings. The molecular formula is C19H19BrFNO3S. The van der Waals surface area contributed by atoms with Crippen LogP contribution in [0.5, 0.6) is 0 Å². The fourth-order valence-electron chi connectivity index (χ4n) is 2.18. The molecule has 0 aliphatic heterocycles. The van der Waals surface area contributed by atoms with Crippen molar-refractivity contribution < 1.29 is 18.7 Å². The second kappa shape index (κ2) is 9.73. The van der Waals surface area contributed by atoms with E-state index in [0.717, 1.165) is 14.9 Å². The number of amides is 1. The molecule has 0 heterocycles. The van der Waals surface area contributed by atoms with Crippen molar-refractivity contribution in [1.82, 2.24) is 4.90 Å². The Morgan fingerprint density at radius 3 is 2.65 bits per heavy atom. The number of esters is 1. The van der Waals surface area contributed by atoms with Crippen LogP contribution in [0.15, 0.2) is 51.8 Å². The molecule has 0 unspecified atom stereocenters. The van der Waals surface area contributed by atoms with Crippen LogP contribution in [0.3, 0.4) is 0 Å². The lowest BCUT2D eigenvalue weighted by Crippen LogP contribution is -2.31. The summed E-state index contributed by atoms with van der Waals surface area (Å²) >= 11 is 4.75. The third-order valence-corrected chi connectivity index (χ3v) is 5.27. The summed E-state index contributed by atoms with van der Waals surface area (Å²) in [6.45, 7) is 1.72. The van der Waals surface area contributed by atoms with Gasteiger partial charge in [-0.1, -0.05) is 34.1 Å². The van der Waals surface area contributed by atoms with Crippen LogP contribution in [0.2, 0.25) is 0 Å². The minimum atomic E-state index is -0.468. The van der Waals surface area contributed by atoms with Crippen LogP contribution < -0.4 is 0 Å². The van der Waals surface area contributed by atoms with Crippen LogP contribution in [-0.2, 0) is 20.9 Å². The summed E-state index contributed by atoms with van der Waals surface area (Å²) in [5.74, 6) is -1.10. The van der Waals surface area contributed by atoms with Crippen molar-refractivity contribution in [3.05, 3.63) is 63.9 Å². The molecule has 0 aliphatic rings. The Kier molecular flexibility index (Phi) is 7.66. The predicted octanol–water partition coefficient (Wildman–Crippen LogP) is 4.19. The van der Waals surface area contributed by atoms with Gasteiger partial charge in [0.25, 0.3) is 5.91 Å². The van der Waals surface area contributed by atoms with Crippen molar-refractivity contribution in [3.63, 3.8) is 0 Å². The molecule has 0 bridgehead atoms. The van der Waals surface area contributed by atoms with E-state index in [4.69, 9.17) is 4.74 Å². The summed E-state index contributed by atoms with van der Waals surface area (Å²) in [5.41, 5.74) is 1.47. The van der Waals surface area contributed by atoms with Gasteiger partial charge in [0.1, 0.15) is 5.82 Å². The number of aryl methyl sites for hydroxylation is 1. The first-order chi connectivity index (χ1) is 12.4. The van der Waals surface area contributed by atoms with Gasteiger partial charge in [-0.3, -0.25) is 9.59 Å². The van der Waals surface area contributed by atoms with E-state index in [-0.39, 0.29) is 30.6 Å². The van der Waals surface area contributed by atoms with Crippen LogP contribution in [0.1, 0.15) is 11.1 Å². The van der Waals surface area contributed by atoms with Crippen LogP contribution in [0.4, 0.5) is 4.39 Å². The molecule has 0 saturated heterocycles. The van der Waals surface area contributed by atoms with Crippen molar-refractivity contribution in [2.24, 2.45) is 0 Å². The summed E-state index contributed by atoms with van der Waals surface area (Å²) in [6.07, 6.45) is 0. The molecule has 0 fully saturated rings. The Morgan fingerprint density at radius 2 is 1.96 bits per heavy atom. The first-order valence-electron chi connectivity index (χ1n) is 7.88. The van der Waals surface area contributed by atoms with Crippen molar-refractivity contribution in [1.29, 1.82) is 0 Å². The number of hydrogen-bond donors (Lipinski definition) is 0. The van der Waals surface area contributed by atoms with Gasteiger partial charge in [0.15, 0.2) is 6.61 Å². The number of likely N-dealkylation sites (N-methyl/N-ethyl adjacent to an activating group) is 1. The number of benzene rings is 2. The molecule has 26 heavy (non-hydrogen) atoms. The Balaban J connectivity index is 1.77. The molecular weight excluding hydrogens is 421 g/mol. The second-order valence-electron chi connectivity index (χ2n) is 5.70. The number of rotatable bonds is 7. The quantitative estimate of drug-likeness (QED) is 0.479. The summed E-state index contributed by atoms with van der Waals surface area (Å²) in [4.78, 5) is 26.2. The monoisotopic (exact) mass is 439 g/mol. The smallest absolute Gasteiger partial charge is 0.316 e. The molecule has 2 aromatic carbocycles. The Hall–Kier alpha value is -1.86. The maximum Gasteiger partial charge on any atom is 0.316 e. The minimum absolute atomic E-state index is 0.118. The highest BCUT2D eigenvalue weighted by molar-refractivity contribution is 9.10. The molecule has 0 radical (unpaired) electrons. The van der Waals surface area contributed by atoms with E-state index < -0.39 is 5.97 Å². The number of halogens is 2. The highest BCUT2D eigenvalue weighted by Gasteiger charge is 2.14. The molecule has 0 N–H and O–H groups in total. The normalized spacial score (nSPS) is 10.5. The molecule has 4 nitrogen and oxygen atoms in total. The van der Waals surface area contributed by atoms with Crippen molar-refractivity contribution in [2.45, 2.75) is 18.4 Å².